The summed E-state index contributed by atoms with van der Waals surface area (Å²) in [5, 5.41) is 12.9. The number of nitrogens with one attached hydrogen (secondary N) is 1. The molecule has 0 saturated carbocycles. The number of H-pyrrole nitrogens is 1. The van der Waals surface area contributed by atoms with Crippen LogP contribution < -0.4 is 0 Å². The van der Waals surface area contributed by atoms with Crippen molar-refractivity contribution in [3.8, 4) is 0 Å². The summed E-state index contributed by atoms with van der Waals surface area (Å²) in [6.45, 7) is 8.02. The van der Waals surface area contributed by atoms with Gasteiger partial charge < -0.3 is 9.40 Å². The van der Waals surface area contributed by atoms with Crippen molar-refractivity contribution in [3.05, 3.63) is 65.1 Å². The van der Waals surface area contributed by atoms with E-state index in [0.717, 1.165) is 47.4 Å². The van der Waals surface area contributed by atoms with Crippen LogP contribution in [0.1, 0.15) is 85.2 Å². The average molecular weight is 433 g/mol. The number of ketones is 1. The smallest absolute Gasteiger partial charge is 0.284 e. The van der Waals surface area contributed by atoms with Gasteiger partial charge in [-0.05, 0) is 49.8 Å². The minimum absolute atomic E-state index is 0.0320. The van der Waals surface area contributed by atoms with Gasteiger partial charge in [-0.1, -0.05) is 26.8 Å². The van der Waals surface area contributed by atoms with Crippen LogP contribution >= 0.6 is 0 Å². The first kappa shape index (κ1) is 20.6. The molecule has 4 aromatic heterocycles. The van der Waals surface area contributed by atoms with Gasteiger partial charge in [0, 0.05) is 29.6 Å². The second-order valence-electron chi connectivity index (χ2n) is 9.89. The zero-order valence-corrected chi connectivity index (χ0v) is 18.9. The minimum atomic E-state index is -0.283. The van der Waals surface area contributed by atoms with E-state index in [1.54, 1.807) is 6.33 Å². The number of nitrogens with zero attached hydrogens (tertiary/aromatic N) is 5. The van der Waals surface area contributed by atoms with Crippen LogP contribution in [0.2, 0.25) is 0 Å². The van der Waals surface area contributed by atoms with Gasteiger partial charge in [0.25, 0.3) is 5.89 Å². The predicted octanol–water partition coefficient (Wildman–Crippen LogP) is 4.40. The Balaban J connectivity index is 1.41. The molecule has 8 nitrogen and oxygen atoms in total. The highest BCUT2D eigenvalue weighted by Crippen LogP contribution is 2.38. The molecule has 4 heterocycles. The van der Waals surface area contributed by atoms with Crippen LogP contribution in [0.15, 0.2) is 35.1 Å². The first-order valence-electron chi connectivity index (χ1n) is 11.1. The molecule has 0 spiro atoms. The fraction of sp³-hybridized carbons (Fsp3) is 0.458. The van der Waals surface area contributed by atoms with Crippen molar-refractivity contribution in [1.82, 2.24) is 29.8 Å². The van der Waals surface area contributed by atoms with E-state index in [-0.39, 0.29) is 28.9 Å². The average Bonchev–Trinajstić information content (AvgIpc) is 3.46. The summed E-state index contributed by atoms with van der Waals surface area (Å²) >= 11 is 0. The number of aromatic nitrogens is 6. The number of hydrogen-bond acceptors (Lipinski definition) is 6. The van der Waals surface area contributed by atoms with Gasteiger partial charge in [-0.3, -0.25) is 4.79 Å². The molecule has 166 valence electrons. The maximum absolute atomic E-state index is 13.0. The zero-order valence-electron chi connectivity index (χ0n) is 18.9. The first-order valence-corrected chi connectivity index (χ1v) is 11.1. The molecule has 0 saturated heterocycles. The van der Waals surface area contributed by atoms with Crippen molar-refractivity contribution in [2.75, 3.05) is 0 Å². The molecule has 0 aromatic carbocycles. The Morgan fingerprint density at radius 1 is 1.28 bits per heavy atom. The number of carbonyl (C=O) groups excluding carboxylic acids is 1. The van der Waals surface area contributed by atoms with Crippen LogP contribution in [0.5, 0.6) is 0 Å². The SMILES string of the molecule is Cc1ccc2cc([C@@H]3CC(CC(=O)c4nnc(C(C)(C)C)o4)CCc4[nH]cnc43)nn2c1. The third-order valence-electron chi connectivity index (χ3n) is 6.22. The molecule has 0 radical (unpaired) electrons. The van der Waals surface area contributed by atoms with Crippen LogP contribution in [0, 0.1) is 12.8 Å². The lowest BCUT2D eigenvalue weighted by Crippen LogP contribution is -2.13. The highest BCUT2D eigenvalue weighted by atomic mass is 16.4. The number of pyridine rings is 1. The van der Waals surface area contributed by atoms with Gasteiger partial charge in [-0.2, -0.15) is 5.10 Å². The molecule has 32 heavy (non-hydrogen) atoms. The molecule has 0 aliphatic heterocycles. The number of imidazole rings is 1. The van der Waals surface area contributed by atoms with Crippen molar-refractivity contribution in [3.63, 3.8) is 0 Å². The standard InChI is InChI=1S/C24H28N6O2/c1-14-5-7-16-11-19(29-30(16)12-14)17-9-15(6-8-18-21(17)26-13-25-18)10-20(31)22-27-28-23(32-22)24(2,3)4/h5,7,11-13,15,17H,6,8-10H2,1-4H3,(H,25,26)/t15?,17-/m0/s1. The predicted molar refractivity (Wildman–Crippen MR) is 119 cm³/mol. The molecule has 1 N–H and O–H groups in total. The molecule has 4 aromatic rings. The molecule has 0 fully saturated rings. The van der Waals surface area contributed by atoms with Crippen LogP contribution in [0.3, 0.4) is 0 Å². The summed E-state index contributed by atoms with van der Waals surface area (Å²) in [7, 11) is 0. The third kappa shape index (κ3) is 3.85. The zero-order chi connectivity index (χ0) is 22.5. The first-order chi connectivity index (χ1) is 15.3. The lowest BCUT2D eigenvalue weighted by Gasteiger charge is -2.17. The summed E-state index contributed by atoms with van der Waals surface area (Å²) < 4.78 is 7.61. The molecule has 5 rings (SSSR count). The number of carbonyl (C=O) groups is 1. The van der Waals surface area contributed by atoms with Gasteiger partial charge in [0.1, 0.15) is 0 Å². The van der Waals surface area contributed by atoms with Gasteiger partial charge in [0.15, 0.2) is 0 Å². The summed E-state index contributed by atoms with van der Waals surface area (Å²) in [4.78, 5) is 20.9. The van der Waals surface area contributed by atoms with E-state index in [0.29, 0.717) is 12.3 Å². The summed E-state index contributed by atoms with van der Waals surface area (Å²) in [5.74, 6) is 0.700. The van der Waals surface area contributed by atoms with Gasteiger partial charge >= 0.3 is 0 Å². The Labute approximate surface area is 186 Å². The molecule has 0 amide bonds. The van der Waals surface area contributed by atoms with Gasteiger partial charge in [-0.15, -0.1) is 10.2 Å². The molecule has 1 aliphatic rings. The lowest BCUT2D eigenvalue weighted by atomic mass is 9.87. The van der Waals surface area contributed by atoms with Gasteiger partial charge in [0.2, 0.25) is 11.7 Å². The monoisotopic (exact) mass is 432 g/mol. The molecular formula is C24H28N6O2. The molecule has 1 aliphatic carbocycles. The fourth-order valence-electron chi connectivity index (χ4n) is 4.46. The summed E-state index contributed by atoms with van der Waals surface area (Å²) in [5.41, 5.74) is 5.08. The van der Waals surface area contributed by atoms with E-state index in [2.05, 4.69) is 45.3 Å². The number of rotatable bonds is 4. The van der Waals surface area contributed by atoms with Crippen LogP contribution in [-0.2, 0) is 11.8 Å². The van der Waals surface area contributed by atoms with Crippen LogP contribution in [-0.4, -0.2) is 35.6 Å². The van der Waals surface area contributed by atoms with Gasteiger partial charge in [0.05, 0.1) is 23.2 Å². The summed E-state index contributed by atoms with van der Waals surface area (Å²) in [6.07, 6.45) is 6.71. The van der Waals surface area contributed by atoms with Crippen molar-refractivity contribution in [1.29, 1.82) is 0 Å². The van der Waals surface area contributed by atoms with Gasteiger partial charge in [-0.25, -0.2) is 9.50 Å². The minimum Gasteiger partial charge on any atom is -0.418 e. The topological polar surface area (TPSA) is 102 Å². The number of Topliss-reactive ketones (excluding diaryl/α,β-unsaturated/α-hetero) is 1. The third-order valence-corrected chi connectivity index (χ3v) is 6.22. The Bertz CT molecular complexity index is 1280. The maximum Gasteiger partial charge on any atom is 0.284 e. The quantitative estimate of drug-likeness (QED) is 0.379. The van der Waals surface area contributed by atoms with E-state index < -0.39 is 0 Å². The van der Waals surface area contributed by atoms with Crippen molar-refractivity contribution in [2.45, 2.75) is 64.7 Å². The van der Waals surface area contributed by atoms with E-state index in [4.69, 9.17) is 9.52 Å². The van der Waals surface area contributed by atoms with E-state index in [9.17, 15) is 4.79 Å². The lowest BCUT2D eigenvalue weighted by molar-refractivity contribution is 0.0918. The normalized spacial score (nSPS) is 19.1. The van der Waals surface area contributed by atoms with Crippen molar-refractivity contribution in [2.24, 2.45) is 5.92 Å². The van der Waals surface area contributed by atoms with E-state index in [1.165, 1.54) is 0 Å². The number of fused-ring (bicyclic) bond motifs is 2. The van der Waals surface area contributed by atoms with Crippen molar-refractivity contribution >= 4 is 11.3 Å². The second-order valence-corrected chi connectivity index (χ2v) is 9.89. The second kappa shape index (κ2) is 7.69. The Hall–Kier alpha value is -3.29. The molecule has 0 bridgehead atoms. The highest BCUT2D eigenvalue weighted by molar-refractivity contribution is 5.91. The summed E-state index contributed by atoms with van der Waals surface area (Å²) in [6, 6.07) is 6.29. The molecule has 2 atom stereocenters. The molecule has 1 unspecified atom stereocenters. The largest absolute Gasteiger partial charge is 0.418 e. The van der Waals surface area contributed by atoms with E-state index >= 15 is 0 Å². The maximum atomic E-state index is 13.0. The highest BCUT2D eigenvalue weighted by Gasteiger charge is 2.32. The van der Waals surface area contributed by atoms with Crippen LogP contribution in [0.4, 0.5) is 0 Å². The van der Waals surface area contributed by atoms with Crippen molar-refractivity contribution < 1.29 is 9.21 Å². The van der Waals surface area contributed by atoms with E-state index in [1.807, 2.05) is 31.5 Å². The Morgan fingerprint density at radius 3 is 2.91 bits per heavy atom. The molecule has 8 heteroatoms. The fourth-order valence-corrected chi connectivity index (χ4v) is 4.46. The Morgan fingerprint density at radius 2 is 2.12 bits per heavy atom. The number of aromatic amines is 1. The van der Waals surface area contributed by atoms with Crippen LogP contribution in [0.25, 0.3) is 5.52 Å². The number of aryl methyl sites for hydroxylation is 2. The Kier molecular flexibility index (Phi) is 4.95. The molecular weight excluding hydrogens is 404 g/mol. The number of hydrogen-bond donors (Lipinski definition) is 1.